The van der Waals surface area contributed by atoms with E-state index in [2.05, 4.69) is 37.0 Å². The Morgan fingerprint density at radius 2 is 1.66 bits per heavy atom. The number of nitrogens with one attached hydrogen (secondary N) is 4. The number of carbonyl (C=O) groups excluding carboxylic acids is 1. The van der Waals surface area contributed by atoms with Crippen molar-refractivity contribution in [2.75, 3.05) is 24.9 Å². The van der Waals surface area contributed by atoms with Crippen molar-refractivity contribution in [2.24, 2.45) is 0 Å². The van der Waals surface area contributed by atoms with E-state index in [9.17, 15) is 18.0 Å². The number of sulfonamides is 1. The van der Waals surface area contributed by atoms with Crippen molar-refractivity contribution in [3.05, 3.63) is 94.4 Å². The molecule has 182 valence electrons. The molecule has 0 radical (unpaired) electrons. The van der Waals surface area contributed by atoms with Gasteiger partial charge in [-0.15, -0.1) is 0 Å². The number of nitrogens with zero attached hydrogens (tertiary/aromatic N) is 1. The molecule has 0 aliphatic heterocycles. The predicted octanol–water partition coefficient (Wildman–Crippen LogP) is 2.91. The maximum Gasteiger partial charge on any atom is 0.323 e. The number of carbonyl (C=O) groups is 1. The highest BCUT2D eigenvalue weighted by molar-refractivity contribution is 7.92. The van der Waals surface area contributed by atoms with Crippen molar-refractivity contribution in [3.63, 3.8) is 0 Å². The molecule has 0 saturated heterocycles. The van der Waals surface area contributed by atoms with Crippen molar-refractivity contribution in [1.82, 2.24) is 20.2 Å². The van der Waals surface area contributed by atoms with E-state index >= 15 is 0 Å². The van der Waals surface area contributed by atoms with E-state index < -0.39 is 15.7 Å². The van der Waals surface area contributed by atoms with Crippen molar-refractivity contribution in [3.8, 4) is 0 Å². The summed E-state index contributed by atoms with van der Waals surface area (Å²) in [4.78, 5) is 31.5. The van der Waals surface area contributed by atoms with Crippen LogP contribution in [0.15, 0.2) is 82.5 Å². The number of hydrogen-bond acceptors (Lipinski definition) is 5. The normalized spacial score (nSPS) is 11.6. The number of aromatic nitrogens is 2. The molecule has 1 heterocycles. The van der Waals surface area contributed by atoms with E-state index in [1.807, 2.05) is 25.2 Å². The molecule has 3 aromatic carbocycles. The summed E-state index contributed by atoms with van der Waals surface area (Å²) in [6.45, 7) is 2.07. The first-order valence-electron chi connectivity index (χ1n) is 11.2. The monoisotopic (exact) mass is 493 g/mol. The Morgan fingerprint density at radius 3 is 2.46 bits per heavy atom. The van der Waals surface area contributed by atoms with Gasteiger partial charge in [0.25, 0.3) is 15.9 Å². The number of hydrogen-bond donors (Lipinski definition) is 4. The summed E-state index contributed by atoms with van der Waals surface area (Å²) >= 11 is 0. The van der Waals surface area contributed by atoms with Crippen molar-refractivity contribution in [1.29, 1.82) is 0 Å². The van der Waals surface area contributed by atoms with Gasteiger partial charge in [-0.3, -0.25) is 9.52 Å². The molecular weight excluding hydrogens is 466 g/mol. The van der Waals surface area contributed by atoms with Crippen LogP contribution >= 0.6 is 0 Å². The minimum Gasteiger partial charge on any atom is -0.352 e. The number of para-hydroxylation sites is 1. The van der Waals surface area contributed by atoms with Crippen LogP contribution < -0.4 is 15.7 Å². The highest BCUT2D eigenvalue weighted by atomic mass is 32.2. The summed E-state index contributed by atoms with van der Waals surface area (Å²) in [6, 6.07) is 20.9. The van der Waals surface area contributed by atoms with E-state index in [1.165, 1.54) is 29.8 Å². The lowest BCUT2D eigenvalue weighted by Crippen LogP contribution is -2.29. The number of benzene rings is 3. The molecule has 0 spiro atoms. The van der Waals surface area contributed by atoms with E-state index in [-0.39, 0.29) is 22.1 Å². The highest BCUT2D eigenvalue weighted by Gasteiger charge is 2.19. The average molecular weight is 494 g/mol. The Balaban J connectivity index is 1.37. The van der Waals surface area contributed by atoms with Crippen LogP contribution in [-0.2, 0) is 16.6 Å². The quantitative estimate of drug-likeness (QED) is 0.253. The largest absolute Gasteiger partial charge is 0.352 e. The number of imidazole rings is 1. The Kier molecular flexibility index (Phi) is 7.33. The van der Waals surface area contributed by atoms with Crippen LogP contribution in [0.25, 0.3) is 11.0 Å². The molecular formula is C25H27N5O4S. The first-order valence-corrected chi connectivity index (χ1v) is 12.6. The molecule has 0 atom stereocenters. The van der Waals surface area contributed by atoms with Gasteiger partial charge >= 0.3 is 5.69 Å². The molecule has 0 saturated carbocycles. The minimum atomic E-state index is -3.99. The summed E-state index contributed by atoms with van der Waals surface area (Å²) in [7, 11) is -1.96. The molecule has 35 heavy (non-hydrogen) atoms. The first kappa shape index (κ1) is 24.2. The van der Waals surface area contributed by atoms with Crippen molar-refractivity contribution < 1.29 is 13.2 Å². The van der Waals surface area contributed by atoms with Crippen LogP contribution in [0.4, 0.5) is 5.69 Å². The number of anilines is 1. The van der Waals surface area contributed by atoms with E-state index in [0.717, 1.165) is 19.5 Å². The fourth-order valence-electron chi connectivity index (χ4n) is 3.77. The van der Waals surface area contributed by atoms with Crippen LogP contribution in [0, 0.1) is 0 Å². The summed E-state index contributed by atoms with van der Waals surface area (Å²) in [5.74, 6) is -0.362. The molecule has 9 nitrogen and oxygen atoms in total. The molecule has 10 heteroatoms. The summed E-state index contributed by atoms with van der Waals surface area (Å²) in [5, 5.41) is 2.87. The maximum absolute atomic E-state index is 13.0. The molecule has 4 N–H and O–H groups in total. The van der Waals surface area contributed by atoms with Gasteiger partial charge in [-0.2, -0.15) is 0 Å². The molecule has 4 rings (SSSR count). The van der Waals surface area contributed by atoms with Gasteiger partial charge in [0.05, 0.1) is 27.2 Å². The first-order chi connectivity index (χ1) is 16.8. The maximum atomic E-state index is 13.0. The van der Waals surface area contributed by atoms with Gasteiger partial charge in [0, 0.05) is 13.1 Å². The smallest absolute Gasteiger partial charge is 0.323 e. The summed E-state index contributed by atoms with van der Waals surface area (Å²) in [6.07, 6.45) is 0.748. The lowest BCUT2D eigenvalue weighted by atomic mass is 10.1. The third kappa shape index (κ3) is 6.17. The van der Waals surface area contributed by atoms with E-state index in [0.29, 0.717) is 17.6 Å². The zero-order chi connectivity index (χ0) is 24.8. The number of fused-ring (bicyclic) bond motifs is 1. The second kappa shape index (κ2) is 10.6. The lowest BCUT2D eigenvalue weighted by Gasteiger charge is -2.17. The number of H-pyrrole nitrogens is 2. The van der Waals surface area contributed by atoms with E-state index in [4.69, 9.17) is 0 Å². The topological polar surface area (TPSA) is 127 Å². The number of amides is 1. The third-order valence-electron chi connectivity index (χ3n) is 5.51. The second-order valence-corrected chi connectivity index (χ2v) is 9.95. The zero-order valence-corrected chi connectivity index (χ0v) is 20.1. The van der Waals surface area contributed by atoms with Gasteiger partial charge in [0.1, 0.15) is 0 Å². The van der Waals surface area contributed by atoms with Crippen LogP contribution in [0.5, 0.6) is 0 Å². The van der Waals surface area contributed by atoms with Gasteiger partial charge < -0.3 is 20.2 Å². The number of rotatable bonds is 10. The Labute approximate surface area is 203 Å². The second-order valence-electron chi connectivity index (χ2n) is 8.27. The molecule has 0 aliphatic carbocycles. The Morgan fingerprint density at radius 1 is 0.943 bits per heavy atom. The highest BCUT2D eigenvalue weighted by Crippen LogP contribution is 2.22. The SMILES string of the molecule is CN(CCCNC(=O)c1ccccc1NS(=O)(=O)c1ccc2[nH]c(=O)[nH]c2c1)Cc1ccccc1. The van der Waals surface area contributed by atoms with Gasteiger partial charge in [0.2, 0.25) is 0 Å². The van der Waals surface area contributed by atoms with Gasteiger partial charge in [-0.05, 0) is 55.9 Å². The number of aromatic amines is 2. The molecule has 0 fully saturated rings. The third-order valence-corrected chi connectivity index (χ3v) is 6.87. The molecule has 4 aromatic rings. The average Bonchev–Trinajstić information content (AvgIpc) is 3.22. The van der Waals surface area contributed by atoms with Crippen LogP contribution in [0.2, 0.25) is 0 Å². The zero-order valence-electron chi connectivity index (χ0n) is 19.2. The predicted molar refractivity (Wildman–Crippen MR) is 136 cm³/mol. The van der Waals surface area contributed by atoms with Crippen LogP contribution in [-0.4, -0.2) is 49.3 Å². The summed E-state index contributed by atoms with van der Waals surface area (Å²) < 4.78 is 28.4. The Bertz CT molecular complexity index is 1480. The van der Waals surface area contributed by atoms with Gasteiger partial charge in [-0.1, -0.05) is 42.5 Å². The molecule has 0 aliphatic rings. The molecule has 1 amide bonds. The van der Waals surface area contributed by atoms with Crippen molar-refractivity contribution in [2.45, 2.75) is 17.9 Å². The lowest BCUT2D eigenvalue weighted by molar-refractivity contribution is 0.0952. The van der Waals surface area contributed by atoms with Crippen molar-refractivity contribution >= 4 is 32.7 Å². The minimum absolute atomic E-state index is 0.0306. The Hall–Kier alpha value is -3.89. The van der Waals surface area contributed by atoms with Crippen LogP contribution in [0.1, 0.15) is 22.3 Å². The molecule has 0 bridgehead atoms. The van der Waals surface area contributed by atoms with Gasteiger partial charge in [0.15, 0.2) is 0 Å². The molecule has 0 unspecified atom stereocenters. The summed E-state index contributed by atoms with van der Waals surface area (Å²) in [5.41, 5.74) is 2.08. The standard InChI is InChI=1S/C25H27N5O4S/c1-30(17-18-8-3-2-4-9-18)15-7-14-26-24(31)20-10-5-6-11-21(20)29-35(33,34)19-12-13-22-23(16-19)28-25(32)27-22/h2-6,8-13,16,29H,7,14-15,17H2,1H3,(H,26,31)(H2,27,28,32). The van der Waals surface area contributed by atoms with Gasteiger partial charge in [-0.25, -0.2) is 13.2 Å². The van der Waals surface area contributed by atoms with Crippen LogP contribution in [0.3, 0.4) is 0 Å². The fraction of sp³-hybridized carbons (Fsp3) is 0.200. The fourth-order valence-corrected chi connectivity index (χ4v) is 4.88. The van der Waals surface area contributed by atoms with E-state index in [1.54, 1.807) is 18.2 Å². The molecule has 1 aromatic heterocycles.